The molecule has 1 aromatic carbocycles. The average Bonchev–Trinajstić information content (AvgIpc) is 2.51. The first-order chi connectivity index (χ1) is 10.8. The van der Waals surface area contributed by atoms with Gasteiger partial charge in [0, 0.05) is 7.05 Å². The van der Waals surface area contributed by atoms with Gasteiger partial charge in [0.2, 0.25) is 10.0 Å². The van der Waals surface area contributed by atoms with Gasteiger partial charge in [-0.2, -0.15) is 4.31 Å². The van der Waals surface area contributed by atoms with E-state index >= 15 is 0 Å². The number of carbonyl (C=O) groups is 2. The minimum absolute atomic E-state index is 0.0259. The molecule has 0 saturated heterocycles. The first-order valence-corrected chi connectivity index (χ1v) is 8.10. The number of amides is 1. The summed E-state index contributed by atoms with van der Waals surface area (Å²) in [6.45, 7) is 0.846. The molecule has 0 aliphatic carbocycles. The van der Waals surface area contributed by atoms with E-state index in [0.29, 0.717) is 0 Å². The second-order valence-electron chi connectivity index (χ2n) is 4.72. The summed E-state index contributed by atoms with van der Waals surface area (Å²) in [6.07, 6.45) is 4.97. The van der Waals surface area contributed by atoms with Crippen LogP contribution in [0.1, 0.15) is 5.56 Å². The number of benzene rings is 1. The molecule has 1 N–H and O–H groups in total. The molecule has 0 fully saturated rings. The van der Waals surface area contributed by atoms with Crippen molar-refractivity contribution in [2.45, 2.75) is 11.8 Å². The van der Waals surface area contributed by atoms with E-state index in [-0.39, 0.29) is 11.4 Å². The molecule has 124 valence electrons. The van der Waals surface area contributed by atoms with Gasteiger partial charge in [-0.1, -0.05) is 23.6 Å². The predicted octanol–water partition coefficient (Wildman–Crippen LogP) is -0.0919. The predicted molar refractivity (Wildman–Crippen MR) is 83.8 cm³/mol. The van der Waals surface area contributed by atoms with E-state index in [1.807, 2.05) is 6.92 Å². The summed E-state index contributed by atoms with van der Waals surface area (Å²) >= 11 is 0. The standard InChI is InChI=1S/C15H18N2O5S/c1-4-9-16-14(18)11-22-15(19)10-17(3)23(20,21)13-7-5-12(2)6-8-13/h1,5-8H,9-11H2,2-3H3,(H,16,18). The number of terminal acetylenes is 1. The summed E-state index contributed by atoms with van der Waals surface area (Å²) in [5.41, 5.74) is 0.920. The van der Waals surface area contributed by atoms with Crippen LogP contribution in [0.3, 0.4) is 0 Å². The quantitative estimate of drug-likeness (QED) is 0.554. The maximum atomic E-state index is 12.3. The second kappa shape index (κ2) is 8.31. The maximum absolute atomic E-state index is 12.3. The van der Waals surface area contributed by atoms with E-state index in [1.165, 1.54) is 19.2 Å². The van der Waals surface area contributed by atoms with Gasteiger partial charge in [-0.15, -0.1) is 6.42 Å². The van der Waals surface area contributed by atoms with Gasteiger partial charge in [-0.3, -0.25) is 9.59 Å². The summed E-state index contributed by atoms with van der Waals surface area (Å²) < 4.78 is 30.1. The smallest absolute Gasteiger partial charge is 0.321 e. The van der Waals surface area contributed by atoms with Crippen molar-refractivity contribution in [1.29, 1.82) is 0 Å². The van der Waals surface area contributed by atoms with E-state index in [1.54, 1.807) is 12.1 Å². The Hall–Kier alpha value is -2.37. The molecule has 0 saturated carbocycles. The van der Waals surface area contributed by atoms with Crippen molar-refractivity contribution in [1.82, 2.24) is 9.62 Å². The highest BCUT2D eigenvalue weighted by Gasteiger charge is 2.23. The highest BCUT2D eigenvalue weighted by atomic mass is 32.2. The summed E-state index contributed by atoms with van der Waals surface area (Å²) in [5, 5.41) is 2.32. The van der Waals surface area contributed by atoms with E-state index in [0.717, 1.165) is 9.87 Å². The summed E-state index contributed by atoms with van der Waals surface area (Å²) in [5.74, 6) is 0.811. The molecular weight excluding hydrogens is 320 g/mol. The van der Waals surface area contributed by atoms with Gasteiger partial charge in [0.05, 0.1) is 11.4 Å². The van der Waals surface area contributed by atoms with Crippen LogP contribution in [0, 0.1) is 19.3 Å². The number of likely N-dealkylation sites (N-methyl/N-ethyl adjacent to an activating group) is 1. The third kappa shape index (κ3) is 5.73. The van der Waals surface area contributed by atoms with Gasteiger partial charge < -0.3 is 10.1 Å². The van der Waals surface area contributed by atoms with Gasteiger partial charge in [0.1, 0.15) is 6.54 Å². The summed E-state index contributed by atoms with van der Waals surface area (Å²) in [7, 11) is -2.54. The van der Waals surface area contributed by atoms with E-state index < -0.39 is 35.1 Å². The lowest BCUT2D eigenvalue weighted by atomic mass is 10.2. The lowest BCUT2D eigenvalue weighted by Gasteiger charge is -2.16. The number of carbonyl (C=O) groups excluding carboxylic acids is 2. The van der Waals surface area contributed by atoms with Crippen LogP contribution in [0.15, 0.2) is 29.2 Å². The third-order valence-corrected chi connectivity index (χ3v) is 4.65. The minimum atomic E-state index is -3.80. The molecule has 0 aliphatic heterocycles. The van der Waals surface area contributed by atoms with Crippen molar-refractivity contribution in [3.05, 3.63) is 29.8 Å². The molecule has 0 atom stereocenters. The zero-order valence-corrected chi connectivity index (χ0v) is 13.7. The normalized spacial score (nSPS) is 10.9. The molecule has 0 spiro atoms. The van der Waals surface area contributed by atoms with Gasteiger partial charge in [-0.05, 0) is 19.1 Å². The number of nitrogens with one attached hydrogen (secondary N) is 1. The Morgan fingerprint density at radius 3 is 2.48 bits per heavy atom. The molecule has 0 heterocycles. The Morgan fingerprint density at radius 1 is 1.30 bits per heavy atom. The molecule has 0 radical (unpaired) electrons. The fourth-order valence-electron chi connectivity index (χ4n) is 1.55. The summed E-state index contributed by atoms with van der Waals surface area (Å²) in [4.78, 5) is 22.9. The topological polar surface area (TPSA) is 92.8 Å². The number of esters is 1. The van der Waals surface area contributed by atoms with E-state index in [2.05, 4.69) is 11.2 Å². The Bertz CT molecular complexity index is 704. The highest BCUT2D eigenvalue weighted by Crippen LogP contribution is 2.14. The van der Waals surface area contributed by atoms with Crippen LogP contribution in [0.4, 0.5) is 0 Å². The molecule has 0 aromatic heterocycles. The van der Waals surface area contributed by atoms with Crippen LogP contribution >= 0.6 is 0 Å². The minimum Gasteiger partial charge on any atom is -0.455 e. The van der Waals surface area contributed by atoms with Crippen molar-refractivity contribution in [3.63, 3.8) is 0 Å². The Kier molecular flexibility index (Phi) is 6.75. The lowest BCUT2D eigenvalue weighted by Crippen LogP contribution is -2.35. The monoisotopic (exact) mass is 338 g/mol. The molecule has 23 heavy (non-hydrogen) atoms. The van der Waals surface area contributed by atoms with Crippen LogP contribution in [0.2, 0.25) is 0 Å². The van der Waals surface area contributed by atoms with Crippen LogP contribution in [0.5, 0.6) is 0 Å². The highest BCUT2D eigenvalue weighted by molar-refractivity contribution is 7.89. The number of aryl methyl sites for hydroxylation is 1. The SMILES string of the molecule is C#CCNC(=O)COC(=O)CN(C)S(=O)(=O)c1ccc(C)cc1. The van der Waals surface area contributed by atoms with Crippen molar-refractivity contribution < 1.29 is 22.7 Å². The molecule has 1 amide bonds. The third-order valence-electron chi connectivity index (χ3n) is 2.83. The molecule has 0 bridgehead atoms. The largest absolute Gasteiger partial charge is 0.455 e. The number of rotatable bonds is 7. The maximum Gasteiger partial charge on any atom is 0.321 e. The number of hydrogen-bond acceptors (Lipinski definition) is 5. The Balaban J connectivity index is 2.59. The van der Waals surface area contributed by atoms with Crippen molar-refractivity contribution in [2.75, 3.05) is 26.7 Å². The summed E-state index contributed by atoms with van der Waals surface area (Å²) in [6, 6.07) is 6.24. The van der Waals surface area contributed by atoms with Crippen LogP contribution in [-0.2, 0) is 24.3 Å². The molecule has 8 heteroatoms. The molecule has 0 unspecified atom stereocenters. The average molecular weight is 338 g/mol. The van der Waals surface area contributed by atoms with Gasteiger partial charge in [-0.25, -0.2) is 8.42 Å². The van der Waals surface area contributed by atoms with Crippen LogP contribution in [-0.4, -0.2) is 51.3 Å². The van der Waals surface area contributed by atoms with Gasteiger partial charge in [0.25, 0.3) is 5.91 Å². The first kappa shape index (κ1) is 18.7. The Morgan fingerprint density at radius 2 is 1.91 bits per heavy atom. The first-order valence-electron chi connectivity index (χ1n) is 6.66. The second-order valence-corrected chi connectivity index (χ2v) is 6.76. The number of ether oxygens (including phenoxy) is 1. The van der Waals surface area contributed by atoms with Crippen molar-refractivity contribution in [3.8, 4) is 12.3 Å². The van der Waals surface area contributed by atoms with Crippen LogP contribution < -0.4 is 5.32 Å². The zero-order valence-electron chi connectivity index (χ0n) is 12.9. The molecule has 1 rings (SSSR count). The lowest BCUT2D eigenvalue weighted by molar-refractivity contribution is -0.148. The van der Waals surface area contributed by atoms with E-state index in [9.17, 15) is 18.0 Å². The van der Waals surface area contributed by atoms with Gasteiger partial charge >= 0.3 is 5.97 Å². The zero-order chi connectivity index (χ0) is 17.5. The van der Waals surface area contributed by atoms with Crippen molar-refractivity contribution >= 4 is 21.9 Å². The molecular formula is C15H18N2O5S. The number of hydrogen-bond donors (Lipinski definition) is 1. The Labute approximate surface area is 135 Å². The van der Waals surface area contributed by atoms with Crippen molar-refractivity contribution in [2.24, 2.45) is 0 Å². The van der Waals surface area contributed by atoms with E-state index in [4.69, 9.17) is 11.2 Å². The molecule has 1 aromatic rings. The fraction of sp³-hybridized carbons (Fsp3) is 0.333. The fourth-order valence-corrected chi connectivity index (χ4v) is 2.66. The number of sulfonamides is 1. The molecule has 0 aliphatic rings. The van der Waals surface area contributed by atoms with Crippen LogP contribution in [0.25, 0.3) is 0 Å². The number of nitrogens with zero attached hydrogens (tertiary/aromatic N) is 1. The molecule has 7 nitrogen and oxygen atoms in total. The van der Waals surface area contributed by atoms with Gasteiger partial charge in [0.15, 0.2) is 6.61 Å².